The molecule has 1 N–H and O–H groups in total. The third-order valence-corrected chi connectivity index (χ3v) is 5.67. The van der Waals surface area contributed by atoms with E-state index in [4.69, 9.17) is 0 Å². The number of nitrogens with zero attached hydrogens (tertiary/aromatic N) is 1. The van der Waals surface area contributed by atoms with Gasteiger partial charge in [-0.1, -0.05) is 13.8 Å². The molecule has 2 rings (SSSR count). The van der Waals surface area contributed by atoms with E-state index in [1.54, 1.807) is 0 Å². The van der Waals surface area contributed by atoms with Crippen molar-refractivity contribution in [2.45, 2.75) is 56.9 Å². The quantitative estimate of drug-likeness (QED) is 0.835. The summed E-state index contributed by atoms with van der Waals surface area (Å²) in [5.41, 5.74) is 0. The standard InChI is InChI=1S/C14H28N2S/c1-11(2)14-10-16(9-8-15-14)12-4-6-13(17-3)7-5-12/h11-15H,4-10H2,1-3H3. The van der Waals surface area contributed by atoms with Crippen LogP contribution in [-0.2, 0) is 0 Å². The van der Waals surface area contributed by atoms with Crippen LogP contribution in [0.15, 0.2) is 0 Å². The Morgan fingerprint density at radius 1 is 1.18 bits per heavy atom. The lowest BCUT2D eigenvalue weighted by atomic mass is 9.92. The first-order valence-electron chi connectivity index (χ1n) is 7.21. The van der Waals surface area contributed by atoms with Crippen molar-refractivity contribution in [3.05, 3.63) is 0 Å². The molecule has 1 saturated carbocycles. The minimum absolute atomic E-state index is 0.710. The summed E-state index contributed by atoms with van der Waals surface area (Å²) in [5.74, 6) is 0.764. The SMILES string of the molecule is CSC1CCC(N2CCNC(C(C)C)C2)CC1. The first-order valence-corrected chi connectivity index (χ1v) is 8.49. The van der Waals surface area contributed by atoms with Crippen molar-refractivity contribution in [1.82, 2.24) is 10.2 Å². The van der Waals surface area contributed by atoms with E-state index in [0.717, 1.165) is 17.2 Å². The van der Waals surface area contributed by atoms with E-state index in [-0.39, 0.29) is 0 Å². The second-order valence-corrected chi connectivity index (χ2v) is 7.10. The molecule has 3 heteroatoms. The monoisotopic (exact) mass is 256 g/mol. The van der Waals surface area contributed by atoms with E-state index >= 15 is 0 Å². The number of hydrogen-bond donors (Lipinski definition) is 1. The van der Waals surface area contributed by atoms with E-state index in [0.29, 0.717) is 6.04 Å². The number of rotatable bonds is 3. The van der Waals surface area contributed by atoms with E-state index in [1.807, 2.05) is 0 Å². The van der Waals surface area contributed by atoms with E-state index in [1.165, 1.54) is 45.3 Å². The molecule has 0 spiro atoms. The smallest absolute Gasteiger partial charge is 0.0218 e. The summed E-state index contributed by atoms with van der Waals surface area (Å²) in [7, 11) is 0. The summed E-state index contributed by atoms with van der Waals surface area (Å²) in [6.07, 6.45) is 7.99. The van der Waals surface area contributed by atoms with Gasteiger partial charge in [0.15, 0.2) is 0 Å². The van der Waals surface area contributed by atoms with Crippen LogP contribution in [0.5, 0.6) is 0 Å². The maximum atomic E-state index is 3.66. The van der Waals surface area contributed by atoms with Crippen molar-refractivity contribution in [3.8, 4) is 0 Å². The van der Waals surface area contributed by atoms with Crippen LogP contribution in [0.4, 0.5) is 0 Å². The molecule has 17 heavy (non-hydrogen) atoms. The summed E-state index contributed by atoms with van der Waals surface area (Å²) in [4.78, 5) is 2.76. The van der Waals surface area contributed by atoms with Crippen molar-refractivity contribution in [2.75, 3.05) is 25.9 Å². The highest BCUT2D eigenvalue weighted by atomic mass is 32.2. The lowest BCUT2D eigenvalue weighted by Gasteiger charge is -2.42. The number of nitrogens with one attached hydrogen (secondary N) is 1. The summed E-state index contributed by atoms with van der Waals surface area (Å²) in [5, 5.41) is 4.60. The zero-order valence-electron chi connectivity index (χ0n) is 11.6. The van der Waals surface area contributed by atoms with E-state index in [2.05, 4.69) is 42.1 Å². The molecule has 2 aliphatic rings. The third-order valence-electron chi connectivity index (χ3n) is 4.53. The average molecular weight is 256 g/mol. The molecule has 0 radical (unpaired) electrons. The molecule has 0 amide bonds. The fourth-order valence-corrected chi connectivity index (χ4v) is 3.97. The van der Waals surface area contributed by atoms with Crippen LogP contribution < -0.4 is 5.32 Å². The lowest BCUT2D eigenvalue weighted by Crippen LogP contribution is -2.56. The predicted molar refractivity (Wildman–Crippen MR) is 77.8 cm³/mol. The Kier molecular flexibility index (Phi) is 5.19. The van der Waals surface area contributed by atoms with Gasteiger partial charge in [0, 0.05) is 37.0 Å². The third kappa shape index (κ3) is 3.62. The molecular weight excluding hydrogens is 228 g/mol. The second kappa shape index (κ2) is 6.44. The maximum absolute atomic E-state index is 3.66. The minimum Gasteiger partial charge on any atom is -0.311 e. The first kappa shape index (κ1) is 13.7. The maximum Gasteiger partial charge on any atom is 0.0218 e. The van der Waals surface area contributed by atoms with Gasteiger partial charge < -0.3 is 5.32 Å². The van der Waals surface area contributed by atoms with Crippen LogP contribution in [0.1, 0.15) is 39.5 Å². The Bertz CT molecular complexity index is 224. The van der Waals surface area contributed by atoms with Gasteiger partial charge in [0.25, 0.3) is 0 Å². The highest BCUT2D eigenvalue weighted by Crippen LogP contribution is 2.30. The van der Waals surface area contributed by atoms with Gasteiger partial charge >= 0.3 is 0 Å². The number of piperazine rings is 1. The molecule has 2 fully saturated rings. The molecular formula is C14H28N2S. The molecule has 1 atom stereocenters. The highest BCUT2D eigenvalue weighted by Gasteiger charge is 2.29. The normalized spacial score (nSPS) is 36.4. The van der Waals surface area contributed by atoms with Crippen molar-refractivity contribution < 1.29 is 0 Å². The highest BCUT2D eigenvalue weighted by molar-refractivity contribution is 7.99. The zero-order chi connectivity index (χ0) is 12.3. The van der Waals surface area contributed by atoms with Crippen LogP contribution >= 0.6 is 11.8 Å². The van der Waals surface area contributed by atoms with Gasteiger partial charge in [0.1, 0.15) is 0 Å². The second-order valence-electron chi connectivity index (χ2n) is 5.97. The molecule has 1 aliphatic heterocycles. The molecule has 100 valence electrons. The van der Waals surface area contributed by atoms with Crippen molar-refractivity contribution in [3.63, 3.8) is 0 Å². The van der Waals surface area contributed by atoms with Crippen LogP contribution in [0.3, 0.4) is 0 Å². The first-order chi connectivity index (χ1) is 8.20. The molecule has 1 saturated heterocycles. The largest absolute Gasteiger partial charge is 0.311 e. The van der Waals surface area contributed by atoms with Gasteiger partial charge in [-0.2, -0.15) is 11.8 Å². The topological polar surface area (TPSA) is 15.3 Å². The summed E-state index contributed by atoms with van der Waals surface area (Å²) >= 11 is 2.07. The minimum atomic E-state index is 0.710. The predicted octanol–water partition coefficient (Wildman–Crippen LogP) is 2.59. The Hall–Kier alpha value is 0.270. The van der Waals surface area contributed by atoms with Crippen molar-refractivity contribution >= 4 is 11.8 Å². The number of thioether (sulfide) groups is 1. The summed E-state index contributed by atoms with van der Waals surface area (Å²) < 4.78 is 0. The molecule has 2 nitrogen and oxygen atoms in total. The van der Waals surface area contributed by atoms with Gasteiger partial charge in [-0.15, -0.1) is 0 Å². The van der Waals surface area contributed by atoms with Crippen LogP contribution in [0.2, 0.25) is 0 Å². The zero-order valence-corrected chi connectivity index (χ0v) is 12.4. The van der Waals surface area contributed by atoms with E-state index in [9.17, 15) is 0 Å². The Morgan fingerprint density at radius 2 is 1.88 bits per heavy atom. The van der Waals surface area contributed by atoms with Crippen LogP contribution in [-0.4, -0.2) is 48.1 Å². The molecule has 0 aromatic rings. The Balaban J connectivity index is 1.82. The van der Waals surface area contributed by atoms with Gasteiger partial charge in [-0.3, -0.25) is 4.90 Å². The molecule has 0 aromatic carbocycles. The molecule has 1 aliphatic carbocycles. The molecule has 1 unspecified atom stereocenters. The van der Waals surface area contributed by atoms with E-state index < -0.39 is 0 Å². The van der Waals surface area contributed by atoms with Gasteiger partial charge in [-0.05, 0) is 37.9 Å². The lowest BCUT2D eigenvalue weighted by molar-refractivity contribution is 0.104. The van der Waals surface area contributed by atoms with Gasteiger partial charge in [0.05, 0.1) is 0 Å². The van der Waals surface area contributed by atoms with Crippen molar-refractivity contribution in [1.29, 1.82) is 0 Å². The summed E-state index contributed by atoms with van der Waals surface area (Å²) in [6, 6.07) is 1.59. The van der Waals surface area contributed by atoms with Crippen LogP contribution in [0, 0.1) is 5.92 Å². The molecule has 0 bridgehead atoms. The van der Waals surface area contributed by atoms with Gasteiger partial charge in [0.2, 0.25) is 0 Å². The molecule has 0 aromatic heterocycles. The van der Waals surface area contributed by atoms with Gasteiger partial charge in [-0.25, -0.2) is 0 Å². The average Bonchev–Trinajstić information content (AvgIpc) is 2.39. The Morgan fingerprint density at radius 3 is 2.47 bits per heavy atom. The Labute approximate surface area is 111 Å². The van der Waals surface area contributed by atoms with Crippen molar-refractivity contribution in [2.24, 2.45) is 5.92 Å². The van der Waals surface area contributed by atoms with Crippen LogP contribution in [0.25, 0.3) is 0 Å². The summed E-state index contributed by atoms with van der Waals surface area (Å²) in [6.45, 7) is 8.40. The fourth-order valence-electron chi connectivity index (χ4n) is 3.23. The molecule has 1 heterocycles. The fraction of sp³-hybridized carbons (Fsp3) is 1.00. The number of hydrogen-bond acceptors (Lipinski definition) is 3.